The van der Waals surface area contributed by atoms with Crippen LogP contribution in [0.15, 0.2) is 11.6 Å². The summed E-state index contributed by atoms with van der Waals surface area (Å²) in [7, 11) is 0. The predicted octanol–water partition coefficient (Wildman–Crippen LogP) is 5.28. The Morgan fingerprint density at radius 3 is 2.61 bits per heavy atom. The fraction of sp³-hybridized carbons (Fsp3) is 0.905. The van der Waals surface area contributed by atoms with Gasteiger partial charge in [0.15, 0.2) is 0 Å². The predicted molar refractivity (Wildman–Crippen MR) is 91.8 cm³/mol. The molecule has 4 aliphatic rings. The molecule has 4 aliphatic carbocycles. The molecule has 3 fully saturated rings. The van der Waals surface area contributed by atoms with E-state index in [2.05, 4.69) is 26.8 Å². The molecule has 0 spiro atoms. The molecule has 0 amide bonds. The van der Waals surface area contributed by atoms with Crippen LogP contribution in [0.1, 0.15) is 72.1 Å². The van der Waals surface area contributed by atoms with E-state index in [-0.39, 0.29) is 22.9 Å². The van der Waals surface area contributed by atoms with Gasteiger partial charge in [0.05, 0.1) is 6.10 Å². The van der Waals surface area contributed by atoms with Gasteiger partial charge in [0.1, 0.15) is 6.17 Å². The second-order valence-electron chi connectivity index (χ2n) is 9.63. The molecule has 0 aromatic heterocycles. The molecular formula is C21H33FO. The molecule has 0 aliphatic heterocycles. The number of rotatable bonds is 0. The topological polar surface area (TPSA) is 20.2 Å². The summed E-state index contributed by atoms with van der Waals surface area (Å²) in [6.45, 7) is 6.82. The number of aliphatic hydroxyl groups excluding tert-OH is 1. The largest absolute Gasteiger partial charge is 0.389 e. The molecule has 4 rings (SSSR count). The van der Waals surface area contributed by atoms with Crippen LogP contribution in [0.25, 0.3) is 0 Å². The Balaban J connectivity index is 1.66. The van der Waals surface area contributed by atoms with Crippen LogP contribution in [0.2, 0.25) is 0 Å². The third-order valence-electron chi connectivity index (χ3n) is 8.59. The van der Waals surface area contributed by atoms with Gasteiger partial charge < -0.3 is 5.11 Å². The highest BCUT2D eigenvalue weighted by molar-refractivity contribution is 5.25. The first-order chi connectivity index (χ1) is 10.9. The minimum atomic E-state index is -0.611. The summed E-state index contributed by atoms with van der Waals surface area (Å²) in [6.07, 6.45) is 10.3. The van der Waals surface area contributed by atoms with E-state index in [1.807, 2.05) is 0 Å². The molecule has 0 aromatic rings. The van der Waals surface area contributed by atoms with Gasteiger partial charge in [0.25, 0.3) is 0 Å². The second kappa shape index (κ2) is 5.31. The van der Waals surface area contributed by atoms with Crippen LogP contribution >= 0.6 is 0 Å². The fourth-order valence-electron chi connectivity index (χ4n) is 7.18. The molecule has 0 aromatic carbocycles. The van der Waals surface area contributed by atoms with E-state index in [1.54, 1.807) is 0 Å². The van der Waals surface area contributed by atoms with Gasteiger partial charge in [-0.25, -0.2) is 4.39 Å². The maximum atomic E-state index is 15.1. The average Bonchev–Trinajstić information content (AvgIpc) is 2.52. The van der Waals surface area contributed by atoms with Crippen LogP contribution in [-0.2, 0) is 0 Å². The molecule has 2 heteroatoms. The van der Waals surface area contributed by atoms with Crippen LogP contribution in [-0.4, -0.2) is 17.4 Å². The van der Waals surface area contributed by atoms with Crippen molar-refractivity contribution < 1.29 is 9.50 Å². The van der Waals surface area contributed by atoms with Gasteiger partial charge in [-0.2, -0.15) is 0 Å². The number of hydrogen-bond acceptors (Lipinski definition) is 1. The quantitative estimate of drug-likeness (QED) is 0.602. The van der Waals surface area contributed by atoms with Crippen LogP contribution in [0.5, 0.6) is 0 Å². The summed E-state index contributed by atoms with van der Waals surface area (Å²) in [5, 5.41) is 10.0. The standard InChI is InChI=1S/C21H33FO/c1-13-4-7-17-16-6-5-14-12-15(23)8-10-20(14,2)18(16)9-11-21(17,3)19(13)22/h12-13,15-19,23H,4-11H2,1-3H3. The molecule has 0 heterocycles. The van der Waals surface area contributed by atoms with E-state index in [0.717, 1.165) is 32.1 Å². The minimum absolute atomic E-state index is 0.0788. The molecule has 8 unspecified atom stereocenters. The fourth-order valence-corrected chi connectivity index (χ4v) is 7.18. The van der Waals surface area contributed by atoms with Crippen molar-refractivity contribution in [1.82, 2.24) is 0 Å². The van der Waals surface area contributed by atoms with Gasteiger partial charge in [-0.3, -0.25) is 0 Å². The molecule has 130 valence electrons. The second-order valence-corrected chi connectivity index (χ2v) is 9.63. The lowest BCUT2D eigenvalue weighted by Gasteiger charge is -2.61. The van der Waals surface area contributed by atoms with Gasteiger partial charge in [0, 0.05) is 5.41 Å². The Bertz CT molecular complexity index is 514. The third-order valence-corrected chi connectivity index (χ3v) is 8.59. The zero-order valence-electron chi connectivity index (χ0n) is 15.0. The maximum Gasteiger partial charge on any atom is 0.108 e. The summed E-state index contributed by atoms with van der Waals surface area (Å²) in [5.74, 6) is 2.25. The number of aliphatic hydroxyl groups is 1. The summed E-state index contributed by atoms with van der Waals surface area (Å²) < 4.78 is 15.1. The van der Waals surface area contributed by atoms with Crippen LogP contribution in [0.3, 0.4) is 0 Å². The van der Waals surface area contributed by atoms with E-state index in [4.69, 9.17) is 0 Å². The van der Waals surface area contributed by atoms with Crippen molar-refractivity contribution in [2.24, 2.45) is 34.5 Å². The Morgan fingerprint density at radius 2 is 1.83 bits per heavy atom. The van der Waals surface area contributed by atoms with Gasteiger partial charge in [-0.1, -0.05) is 32.4 Å². The van der Waals surface area contributed by atoms with Crippen molar-refractivity contribution in [1.29, 1.82) is 0 Å². The Morgan fingerprint density at radius 1 is 1.04 bits per heavy atom. The van der Waals surface area contributed by atoms with Crippen molar-refractivity contribution >= 4 is 0 Å². The van der Waals surface area contributed by atoms with Gasteiger partial charge in [-0.05, 0) is 80.5 Å². The van der Waals surface area contributed by atoms with Gasteiger partial charge in [-0.15, -0.1) is 0 Å². The lowest BCUT2D eigenvalue weighted by Crippen LogP contribution is -2.56. The third kappa shape index (κ3) is 2.19. The van der Waals surface area contributed by atoms with Crippen LogP contribution in [0.4, 0.5) is 4.39 Å². The van der Waals surface area contributed by atoms with Gasteiger partial charge in [0.2, 0.25) is 0 Å². The highest BCUT2D eigenvalue weighted by atomic mass is 19.1. The molecule has 23 heavy (non-hydrogen) atoms. The monoisotopic (exact) mass is 320 g/mol. The van der Waals surface area contributed by atoms with Crippen molar-refractivity contribution in [3.63, 3.8) is 0 Å². The summed E-state index contributed by atoms with van der Waals surface area (Å²) in [4.78, 5) is 0. The lowest BCUT2D eigenvalue weighted by atomic mass is 9.44. The summed E-state index contributed by atoms with van der Waals surface area (Å²) >= 11 is 0. The molecule has 1 N–H and O–H groups in total. The number of hydrogen-bond donors (Lipinski definition) is 1. The van der Waals surface area contributed by atoms with Gasteiger partial charge >= 0.3 is 0 Å². The number of fused-ring (bicyclic) bond motifs is 5. The normalized spacial score (nSPS) is 56.1. The van der Waals surface area contributed by atoms with E-state index in [1.165, 1.54) is 24.8 Å². The molecule has 8 atom stereocenters. The Labute approximate surface area is 140 Å². The highest BCUT2D eigenvalue weighted by Crippen LogP contribution is 2.65. The molecule has 1 nitrogen and oxygen atoms in total. The lowest BCUT2D eigenvalue weighted by molar-refractivity contribution is -0.124. The Hall–Kier alpha value is -0.370. The number of allylic oxidation sites excluding steroid dienone is 1. The first kappa shape index (κ1) is 16.1. The SMILES string of the molecule is CC1CCC2C3CCC4=CC(O)CCC4(C)C3CCC2(C)C1F. The molecular weight excluding hydrogens is 287 g/mol. The zero-order chi connectivity index (χ0) is 16.4. The van der Waals surface area contributed by atoms with Crippen molar-refractivity contribution in [2.75, 3.05) is 0 Å². The first-order valence-electron chi connectivity index (χ1n) is 9.89. The van der Waals surface area contributed by atoms with E-state index in [9.17, 15) is 5.11 Å². The smallest absolute Gasteiger partial charge is 0.108 e. The molecule has 3 saturated carbocycles. The van der Waals surface area contributed by atoms with Crippen molar-refractivity contribution in [2.45, 2.75) is 84.4 Å². The van der Waals surface area contributed by atoms with E-state index >= 15 is 4.39 Å². The molecule has 0 radical (unpaired) electrons. The summed E-state index contributed by atoms with van der Waals surface area (Å²) in [5.41, 5.74) is 1.71. The summed E-state index contributed by atoms with van der Waals surface area (Å²) in [6, 6.07) is 0. The van der Waals surface area contributed by atoms with Crippen LogP contribution in [0, 0.1) is 34.5 Å². The number of alkyl halides is 1. The van der Waals surface area contributed by atoms with Crippen molar-refractivity contribution in [3.8, 4) is 0 Å². The van der Waals surface area contributed by atoms with Crippen molar-refractivity contribution in [3.05, 3.63) is 11.6 Å². The minimum Gasteiger partial charge on any atom is -0.389 e. The van der Waals surface area contributed by atoms with E-state index < -0.39 is 6.17 Å². The Kier molecular flexibility index (Phi) is 3.72. The first-order valence-corrected chi connectivity index (χ1v) is 9.89. The molecule has 0 saturated heterocycles. The number of halogens is 1. The maximum absolute atomic E-state index is 15.1. The molecule has 0 bridgehead atoms. The average molecular weight is 320 g/mol. The van der Waals surface area contributed by atoms with E-state index in [0.29, 0.717) is 17.8 Å². The van der Waals surface area contributed by atoms with Crippen LogP contribution < -0.4 is 0 Å². The zero-order valence-corrected chi connectivity index (χ0v) is 15.0. The highest BCUT2D eigenvalue weighted by Gasteiger charge is 2.58.